The summed E-state index contributed by atoms with van der Waals surface area (Å²) < 4.78 is 5.19. The number of amides is 1. The number of nitrogens with zero attached hydrogens (tertiary/aromatic N) is 2. The van der Waals surface area contributed by atoms with Crippen LogP contribution < -0.4 is 10.6 Å². The van der Waals surface area contributed by atoms with Crippen LogP contribution in [0.1, 0.15) is 40.6 Å². The fraction of sp³-hybridized carbons (Fsp3) is 0.429. The van der Waals surface area contributed by atoms with Crippen LogP contribution in [0.5, 0.6) is 0 Å². The maximum atomic E-state index is 12.0. The lowest BCUT2D eigenvalue weighted by Crippen LogP contribution is -2.39. The molecule has 0 unspecified atom stereocenters. The molecular formula is C21H31IN4O2. The number of carbonyl (C=O) groups excluding carboxylic acids is 1. The van der Waals surface area contributed by atoms with Crippen molar-refractivity contribution in [2.45, 2.75) is 33.2 Å². The van der Waals surface area contributed by atoms with Gasteiger partial charge in [-0.05, 0) is 37.0 Å². The van der Waals surface area contributed by atoms with Crippen LogP contribution in [-0.4, -0.2) is 44.0 Å². The highest BCUT2D eigenvalue weighted by molar-refractivity contribution is 14.0. The zero-order valence-corrected chi connectivity index (χ0v) is 19.4. The second-order valence-corrected chi connectivity index (χ2v) is 6.54. The molecule has 0 saturated carbocycles. The average molecular weight is 498 g/mol. The lowest BCUT2D eigenvalue weighted by molar-refractivity contribution is 0.0925. The van der Waals surface area contributed by atoms with Crippen molar-refractivity contribution in [3.63, 3.8) is 0 Å². The summed E-state index contributed by atoms with van der Waals surface area (Å²) in [6.45, 7) is 6.10. The van der Waals surface area contributed by atoms with Crippen molar-refractivity contribution >= 4 is 35.8 Å². The number of hydrogen-bond donors (Lipinski definition) is 2. The highest BCUT2D eigenvalue weighted by atomic mass is 127. The normalized spacial score (nSPS) is 10.9. The molecule has 0 aliphatic carbocycles. The van der Waals surface area contributed by atoms with E-state index in [2.05, 4.69) is 51.7 Å². The third-order valence-corrected chi connectivity index (χ3v) is 4.41. The van der Waals surface area contributed by atoms with Gasteiger partial charge in [-0.15, -0.1) is 24.0 Å². The fourth-order valence-electron chi connectivity index (χ4n) is 2.79. The standard InChI is InChI=1S/C21H30N4O2.HI/c1-5-17-7-9-18(10-8-17)15-25(4)21(22-3)24-13-6-12-23-20(26)19-16(2)11-14-27-19;/h7-11,14H,5-6,12-13,15H2,1-4H3,(H,22,24)(H,23,26);1H. The summed E-state index contributed by atoms with van der Waals surface area (Å²) in [6, 6.07) is 10.4. The minimum Gasteiger partial charge on any atom is -0.459 e. The van der Waals surface area contributed by atoms with Gasteiger partial charge in [0, 0.05) is 39.3 Å². The molecule has 7 heteroatoms. The molecule has 1 aromatic heterocycles. The fourth-order valence-corrected chi connectivity index (χ4v) is 2.79. The van der Waals surface area contributed by atoms with Gasteiger partial charge in [0.15, 0.2) is 11.7 Å². The molecule has 2 rings (SSSR count). The molecule has 0 radical (unpaired) electrons. The van der Waals surface area contributed by atoms with Crippen molar-refractivity contribution < 1.29 is 9.21 Å². The Labute approximate surface area is 184 Å². The molecule has 154 valence electrons. The molecule has 6 nitrogen and oxygen atoms in total. The van der Waals surface area contributed by atoms with Gasteiger partial charge in [-0.2, -0.15) is 0 Å². The van der Waals surface area contributed by atoms with Gasteiger partial charge in [-0.1, -0.05) is 31.2 Å². The molecule has 1 aromatic carbocycles. The Morgan fingerprint density at radius 1 is 1.11 bits per heavy atom. The number of rotatable bonds is 8. The number of benzene rings is 1. The van der Waals surface area contributed by atoms with Gasteiger partial charge in [0.05, 0.1) is 6.26 Å². The maximum Gasteiger partial charge on any atom is 0.287 e. The molecule has 0 saturated heterocycles. The van der Waals surface area contributed by atoms with Gasteiger partial charge in [0.25, 0.3) is 5.91 Å². The van der Waals surface area contributed by atoms with Gasteiger partial charge in [0.1, 0.15) is 0 Å². The van der Waals surface area contributed by atoms with E-state index in [9.17, 15) is 4.79 Å². The minimum absolute atomic E-state index is 0. The Kier molecular flexibility index (Phi) is 10.7. The summed E-state index contributed by atoms with van der Waals surface area (Å²) in [5.41, 5.74) is 3.44. The Balaban J connectivity index is 0.00000392. The van der Waals surface area contributed by atoms with E-state index in [1.807, 2.05) is 14.0 Å². The van der Waals surface area contributed by atoms with Gasteiger partial charge < -0.3 is 20.0 Å². The monoisotopic (exact) mass is 498 g/mol. The third kappa shape index (κ3) is 7.18. The van der Waals surface area contributed by atoms with E-state index in [-0.39, 0.29) is 29.9 Å². The zero-order chi connectivity index (χ0) is 19.6. The van der Waals surface area contributed by atoms with E-state index in [1.165, 1.54) is 17.4 Å². The number of aliphatic imine (C=N–C) groups is 1. The van der Waals surface area contributed by atoms with Crippen molar-refractivity contribution in [2.75, 3.05) is 27.2 Å². The largest absolute Gasteiger partial charge is 0.459 e. The summed E-state index contributed by atoms with van der Waals surface area (Å²) in [5.74, 6) is 1.05. The number of halogens is 1. The van der Waals surface area contributed by atoms with Crippen LogP contribution in [0.2, 0.25) is 0 Å². The molecule has 0 aliphatic heterocycles. The predicted octanol–water partition coefficient (Wildman–Crippen LogP) is 3.60. The summed E-state index contributed by atoms with van der Waals surface area (Å²) in [4.78, 5) is 18.4. The smallest absolute Gasteiger partial charge is 0.287 e. The van der Waals surface area contributed by atoms with Crippen molar-refractivity contribution in [1.29, 1.82) is 0 Å². The maximum absolute atomic E-state index is 12.0. The van der Waals surface area contributed by atoms with E-state index in [1.54, 1.807) is 13.1 Å². The molecular weight excluding hydrogens is 467 g/mol. The van der Waals surface area contributed by atoms with Crippen LogP contribution in [-0.2, 0) is 13.0 Å². The summed E-state index contributed by atoms with van der Waals surface area (Å²) in [7, 11) is 3.80. The zero-order valence-electron chi connectivity index (χ0n) is 17.1. The van der Waals surface area contributed by atoms with Crippen molar-refractivity contribution in [3.8, 4) is 0 Å². The van der Waals surface area contributed by atoms with Gasteiger partial charge in [0.2, 0.25) is 0 Å². The Morgan fingerprint density at radius 2 is 1.75 bits per heavy atom. The van der Waals surface area contributed by atoms with E-state index in [0.717, 1.165) is 37.5 Å². The van der Waals surface area contributed by atoms with Crippen LogP contribution in [0.4, 0.5) is 0 Å². The molecule has 2 N–H and O–H groups in total. The summed E-state index contributed by atoms with van der Waals surface area (Å²) in [5, 5.41) is 6.20. The van der Waals surface area contributed by atoms with E-state index >= 15 is 0 Å². The first-order chi connectivity index (χ1) is 13.0. The Morgan fingerprint density at radius 3 is 2.32 bits per heavy atom. The molecule has 28 heavy (non-hydrogen) atoms. The molecule has 1 heterocycles. The summed E-state index contributed by atoms with van der Waals surface area (Å²) in [6.07, 6.45) is 3.38. The topological polar surface area (TPSA) is 69.9 Å². The highest BCUT2D eigenvalue weighted by Gasteiger charge is 2.11. The first-order valence-electron chi connectivity index (χ1n) is 9.37. The van der Waals surface area contributed by atoms with Gasteiger partial charge in [-0.25, -0.2) is 0 Å². The number of hydrogen-bond acceptors (Lipinski definition) is 3. The molecule has 2 aromatic rings. The van der Waals surface area contributed by atoms with Crippen molar-refractivity contribution in [1.82, 2.24) is 15.5 Å². The van der Waals surface area contributed by atoms with E-state index in [0.29, 0.717) is 12.3 Å². The molecule has 1 amide bonds. The van der Waals surface area contributed by atoms with Crippen molar-refractivity contribution in [2.24, 2.45) is 4.99 Å². The average Bonchev–Trinajstić information content (AvgIpc) is 3.11. The van der Waals surface area contributed by atoms with Crippen molar-refractivity contribution in [3.05, 3.63) is 59.0 Å². The Bertz CT molecular complexity index is 756. The second kappa shape index (κ2) is 12.4. The number of aryl methyl sites for hydroxylation is 2. The number of furan rings is 1. The first-order valence-corrected chi connectivity index (χ1v) is 9.37. The van der Waals surface area contributed by atoms with Crippen LogP contribution in [0.15, 0.2) is 46.0 Å². The summed E-state index contributed by atoms with van der Waals surface area (Å²) >= 11 is 0. The lowest BCUT2D eigenvalue weighted by Gasteiger charge is -2.22. The van der Waals surface area contributed by atoms with Crippen LogP contribution in [0, 0.1) is 6.92 Å². The Hall–Kier alpha value is -2.03. The van der Waals surface area contributed by atoms with Gasteiger partial charge in [-0.3, -0.25) is 9.79 Å². The molecule has 0 aliphatic rings. The van der Waals surface area contributed by atoms with Crippen LogP contribution >= 0.6 is 24.0 Å². The van der Waals surface area contributed by atoms with Gasteiger partial charge >= 0.3 is 0 Å². The van der Waals surface area contributed by atoms with E-state index in [4.69, 9.17) is 4.42 Å². The second-order valence-electron chi connectivity index (χ2n) is 6.54. The lowest BCUT2D eigenvalue weighted by atomic mass is 10.1. The minimum atomic E-state index is -0.172. The third-order valence-electron chi connectivity index (χ3n) is 4.41. The van der Waals surface area contributed by atoms with Crippen LogP contribution in [0.25, 0.3) is 0 Å². The molecule has 0 atom stereocenters. The molecule has 0 fully saturated rings. The molecule has 0 spiro atoms. The first kappa shape index (κ1) is 24.0. The predicted molar refractivity (Wildman–Crippen MR) is 124 cm³/mol. The highest BCUT2D eigenvalue weighted by Crippen LogP contribution is 2.08. The number of carbonyl (C=O) groups is 1. The van der Waals surface area contributed by atoms with Crippen LogP contribution in [0.3, 0.4) is 0 Å². The SMILES string of the molecule is CCc1ccc(CN(C)C(=NC)NCCCNC(=O)c2occc2C)cc1.I. The number of guanidine groups is 1. The molecule has 0 bridgehead atoms. The van der Waals surface area contributed by atoms with E-state index < -0.39 is 0 Å². The quantitative estimate of drug-likeness (QED) is 0.253. The number of nitrogens with one attached hydrogen (secondary N) is 2.